The van der Waals surface area contributed by atoms with Gasteiger partial charge in [0.05, 0.1) is 6.10 Å². The van der Waals surface area contributed by atoms with Crippen molar-refractivity contribution in [2.75, 3.05) is 0 Å². The van der Waals surface area contributed by atoms with E-state index in [1.807, 2.05) is 13.8 Å². The molecule has 0 aliphatic heterocycles. The van der Waals surface area contributed by atoms with E-state index in [-0.39, 0.29) is 6.04 Å². The van der Waals surface area contributed by atoms with Gasteiger partial charge in [-0.1, -0.05) is 32.1 Å². The molecule has 0 bridgehead atoms. The van der Waals surface area contributed by atoms with Crippen molar-refractivity contribution in [1.29, 1.82) is 0 Å². The number of carbonyl (C=O) groups excluding carboxylic acids is 1. The molecule has 0 aromatic rings. The highest BCUT2D eigenvalue weighted by Gasteiger charge is 2.37. The number of hydrogen-bond acceptors (Lipinski definition) is 5. The van der Waals surface area contributed by atoms with Crippen LogP contribution in [0.1, 0.15) is 58.8 Å². The summed E-state index contributed by atoms with van der Waals surface area (Å²) in [6.45, 7) is 3.77. The summed E-state index contributed by atoms with van der Waals surface area (Å²) >= 11 is 0. The first-order valence-corrected chi connectivity index (χ1v) is 7.65. The molecule has 1 rings (SSSR count). The molecule has 1 atom stereocenters. The van der Waals surface area contributed by atoms with Crippen molar-refractivity contribution in [1.82, 2.24) is 10.9 Å². The average molecular weight is 286 g/mol. The lowest BCUT2D eigenvalue weighted by atomic mass is 9.84. The largest absolute Gasteiger partial charge is 0.389 e. The molecule has 0 aromatic heterocycles. The van der Waals surface area contributed by atoms with Crippen LogP contribution in [0, 0.1) is 5.92 Å². The lowest BCUT2D eigenvalue weighted by Gasteiger charge is -2.30. The van der Waals surface area contributed by atoms with Gasteiger partial charge in [0, 0.05) is 6.04 Å². The predicted molar refractivity (Wildman–Crippen MR) is 79.3 cm³/mol. The summed E-state index contributed by atoms with van der Waals surface area (Å²) in [7, 11) is 0. The van der Waals surface area contributed by atoms with Gasteiger partial charge in [0.15, 0.2) is 5.66 Å². The summed E-state index contributed by atoms with van der Waals surface area (Å²) in [5, 5.41) is 10.1. The van der Waals surface area contributed by atoms with E-state index in [4.69, 9.17) is 11.5 Å². The summed E-state index contributed by atoms with van der Waals surface area (Å²) < 4.78 is 0. The van der Waals surface area contributed by atoms with Crippen LogP contribution in [0.3, 0.4) is 0 Å². The van der Waals surface area contributed by atoms with Crippen LogP contribution in [0.25, 0.3) is 0 Å². The molecular formula is C14H30N4O2. The fraction of sp³-hybridized carbons (Fsp3) is 0.929. The van der Waals surface area contributed by atoms with E-state index in [9.17, 15) is 9.90 Å². The number of amides is 1. The number of nitrogens with one attached hydrogen (secondary N) is 2. The van der Waals surface area contributed by atoms with Crippen LogP contribution in [0.4, 0.5) is 0 Å². The highest BCUT2D eigenvalue weighted by Crippen LogP contribution is 2.28. The quantitative estimate of drug-likeness (QED) is 0.342. The second-order valence-electron chi connectivity index (χ2n) is 6.28. The molecule has 1 fully saturated rings. The molecule has 0 heterocycles. The Morgan fingerprint density at radius 3 is 2.45 bits per heavy atom. The minimum atomic E-state index is -1.75. The van der Waals surface area contributed by atoms with Gasteiger partial charge in [-0.25, -0.2) is 5.43 Å². The van der Waals surface area contributed by atoms with Crippen molar-refractivity contribution in [3.63, 3.8) is 0 Å². The van der Waals surface area contributed by atoms with E-state index < -0.39 is 17.7 Å². The summed E-state index contributed by atoms with van der Waals surface area (Å²) in [6, 6.07) is 0.0779. The van der Waals surface area contributed by atoms with E-state index in [0.717, 1.165) is 6.42 Å². The Morgan fingerprint density at radius 1 is 1.30 bits per heavy atom. The summed E-state index contributed by atoms with van der Waals surface area (Å²) in [5.74, 6) is 0.0494. The predicted octanol–water partition coefficient (Wildman–Crippen LogP) is 0.351. The maximum absolute atomic E-state index is 11.9. The fourth-order valence-electron chi connectivity index (χ4n) is 2.58. The Labute approximate surface area is 121 Å². The summed E-state index contributed by atoms with van der Waals surface area (Å²) in [4.78, 5) is 11.9. The first-order valence-electron chi connectivity index (χ1n) is 7.65. The first-order chi connectivity index (χ1) is 9.34. The van der Waals surface area contributed by atoms with Crippen molar-refractivity contribution in [3.05, 3.63) is 0 Å². The van der Waals surface area contributed by atoms with Gasteiger partial charge in [-0.05, 0) is 32.6 Å². The minimum Gasteiger partial charge on any atom is -0.389 e. The molecule has 0 radical (unpaired) electrons. The monoisotopic (exact) mass is 286 g/mol. The van der Waals surface area contributed by atoms with Gasteiger partial charge in [-0.15, -0.1) is 0 Å². The molecule has 1 amide bonds. The molecule has 6 heteroatoms. The minimum absolute atomic E-state index is 0.0779. The lowest BCUT2D eigenvalue weighted by molar-refractivity contribution is -0.132. The van der Waals surface area contributed by atoms with E-state index in [1.165, 1.54) is 32.1 Å². The Balaban J connectivity index is 2.38. The topological polar surface area (TPSA) is 113 Å². The van der Waals surface area contributed by atoms with E-state index >= 15 is 0 Å². The molecule has 1 aliphatic rings. The van der Waals surface area contributed by atoms with Crippen molar-refractivity contribution in [3.8, 4) is 0 Å². The van der Waals surface area contributed by atoms with Gasteiger partial charge in [0.1, 0.15) is 0 Å². The molecule has 0 spiro atoms. The molecule has 1 saturated carbocycles. The van der Waals surface area contributed by atoms with Crippen molar-refractivity contribution < 1.29 is 9.90 Å². The molecule has 7 N–H and O–H groups in total. The number of aliphatic hydroxyl groups is 1. The number of hydrogen-bond donors (Lipinski definition) is 5. The molecule has 20 heavy (non-hydrogen) atoms. The number of carbonyl (C=O) groups is 1. The zero-order valence-corrected chi connectivity index (χ0v) is 12.7. The second kappa shape index (κ2) is 7.93. The molecule has 6 nitrogen and oxygen atoms in total. The molecule has 1 unspecified atom stereocenters. The van der Waals surface area contributed by atoms with Crippen LogP contribution in [0.15, 0.2) is 0 Å². The van der Waals surface area contributed by atoms with Crippen molar-refractivity contribution in [2.45, 2.75) is 76.6 Å². The van der Waals surface area contributed by atoms with Gasteiger partial charge in [-0.3, -0.25) is 10.2 Å². The summed E-state index contributed by atoms with van der Waals surface area (Å²) in [5.41, 5.74) is 15.0. The van der Waals surface area contributed by atoms with E-state index in [1.54, 1.807) is 0 Å². The highest BCUT2D eigenvalue weighted by atomic mass is 16.3. The van der Waals surface area contributed by atoms with Gasteiger partial charge < -0.3 is 16.6 Å². The Bertz CT molecular complexity index is 302. The number of hydrazine groups is 1. The van der Waals surface area contributed by atoms with E-state index in [2.05, 4.69) is 10.9 Å². The molecule has 118 valence electrons. The van der Waals surface area contributed by atoms with E-state index in [0.29, 0.717) is 12.3 Å². The Hall–Kier alpha value is -0.690. The maximum atomic E-state index is 11.9. The van der Waals surface area contributed by atoms with Crippen LogP contribution < -0.4 is 22.3 Å². The molecule has 0 saturated heterocycles. The Kier molecular flexibility index (Phi) is 6.88. The third kappa shape index (κ3) is 5.36. The van der Waals surface area contributed by atoms with Crippen LogP contribution in [0.2, 0.25) is 0 Å². The third-order valence-electron chi connectivity index (χ3n) is 3.99. The second-order valence-corrected chi connectivity index (χ2v) is 6.28. The van der Waals surface area contributed by atoms with Gasteiger partial charge in [-0.2, -0.15) is 0 Å². The van der Waals surface area contributed by atoms with Crippen molar-refractivity contribution >= 4 is 5.91 Å². The van der Waals surface area contributed by atoms with Crippen LogP contribution in [-0.2, 0) is 4.79 Å². The van der Waals surface area contributed by atoms with Gasteiger partial charge in [0.2, 0.25) is 0 Å². The smallest absolute Gasteiger partial charge is 0.271 e. The van der Waals surface area contributed by atoms with Crippen LogP contribution in [-0.4, -0.2) is 28.8 Å². The van der Waals surface area contributed by atoms with Crippen molar-refractivity contribution in [2.24, 2.45) is 17.4 Å². The number of aliphatic hydroxyl groups excluding tert-OH is 1. The van der Waals surface area contributed by atoms with Gasteiger partial charge >= 0.3 is 0 Å². The van der Waals surface area contributed by atoms with Crippen LogP contribution >= 0.6 is 0 Å². The molecule has 1 aliphatic carbocycles. The maximum Gasteiger partial charge on any atom is 0.271 e. The number of rotatable bonds is 7. The fourth-order valence-corrected chi connectivity index (χ4v) is 2.58. The molecule has 0 aromatic carbocycles. The third-order valence-corrected chi connectivity index (χ3v) is 3.99. The average Bonchev–Trinajstić information content (AvgIpc) is 2.42. The summed E-state index contributed by atoms with van der Waals surface area (Å²) in [6.07, 6.45) is 6.55. The number of nitrogens with two attached hydrogens (primary N) is 2. The normalized spacial score (nSPS) is 19.1. The zero-order chi connectivity index (χ0) is 15.2. The van der Waals surface area contributed by atoms with Gasteiger partial charge in [0.25, 0.3) is 5.91 Å². The Morgan fingerprint density at radius 2 is 1.90 bits per heavy atom. The highest BCUT2D eigenvalue weighted by molar-refractivity contribution is 5.85. The standard InChI is InChI=1S/C14H30N4O2/c1-10(2)17-18-13(20)14(15,16)12(19)9-8-11-6-4-3-5-7-11/h10-12,17,19H,3-9,15-16H2,1-2H3,(H,18,20). The molecular weight excluding hydrogens is 256 g/mol. The first kappa shape index (κ1) is 17.4. The zero-order valence-electron chi connectivity index (χ0n) is 12.7. The SMILES string of the molecule is CC(C)NNC(=O)C(N)(N)C(O)CCC1CCCCC1. The lowest BCUT2D eigenvalue weighted by Crippen LogP contribution is -2.69. The van der Waals surface area contributed by atoms with Crippen LogP contribution in [0.5, 0.6) is 0 Å².